The topological polar surface area (TPSA) is 12.5 Å². The van der Waals surface area contributed by atoms with Gasteiger partial charge in [-0.1, -0.05) is 0 Å². The van der Waals surface area contributed by atoms with Gasteiger partial charge in [-0.15, -0.1) is 0 Å². The number of epoxide rings is 1. The van der Waals surface area contributed by atoms with Crippen molar-refractivity contribution in [2.24, 2.45) is 0 Å². The van der Waals surface area contributed by atoms with E-state index in [2.05, 4.69) is 0 Å². The van der Waals surface area contributed by atoms with Crippen molar-refractivity contribution in [2.45, 2.75) is 12.5 Å². The second kappa shape index (κ2) is 2.83. The zero-order valence-electron chi connectivity index (χ0n) is 6.39. The molecule has 0 amide bonds. The summed E-state index contributed by atoms with van der Waals surface area (Å²) < 4.78 is 30.5. The highest BCUT2D eigenvalue weighted by Gasteiger charge is 2.24. The Labute approximate surface area is 69.0 Å². The molecule has 1 saturated heterocycles. The number of benzene rings is 1. The smallest absolute Gasteiger partial charge is 0.126 e. The van der Waals surface area contributed by atoms with Crippen molar-refractivity contribution in [3.05, 3.63) is 35.4 Å². The van der Waals surface area contributed by atoms with Crippen LogP contribution in [-0.4, -0.2) is 12.7 Å². The minimum atomic E-state index is -0.396. The molecule has 0 saturated carbocycles. The van der Waals surface area contributed by atoms with Gasteiger partial charge < -0.3 is 4.74 Å². The summed E-state index contributed by atoms with van der Waals surface area (Å²) in [4.78, 5) is 0. The minimum Gasteiger partial charge on any atom is -0.373 e. The molecule has 2 rings (SSSR count). The van der Waals surface area contributed by atoms with Crippen molar-refractivity contribution in [1.82, 2.24) is 0 Å². The van der Waals surface area contributed by atoms with Crippen LogP contribution in [0.1, 0.15) is 5.56 Å². The second-order valence-electron chi connectivity index (χ2n) is 2.90. The van der Waals surface area contributed by atoms with Crippen molar-refractivity contribution in [3.63, 3.8) is 0 Å². The zero-order valence-corrected chi connectivity index (χ0v) is 6.39. The van der Waals surface area contributed by atoms with Gasteiger partial charge in [0.1, 0.15) is 11.6 Å². The number of hydrogen-bond acceptors (Lipinski definition) is 1. The van der Waals surface area contributed by atoms with E-state index < -0.39 is 5.82 Å². The van der Waals surface area contributed by atoms with Gasteiger partial charge in [0.05, 0.1) is 12.7 Å². The van der Waals surface area contributed by atoms with Crippen LogP contribution >= 0.6 is 0 Å². The summed E-state index contributed by atoms with van der Waals surface area (Å²) in [5.41, 5.74) is 0.400. The Morgan fingerprint density at radius 3 is 2.83 bits per heavy atom. The fourth-order valence-corrected chi connectivity index (χ4v) is 1.13. The predicted molar refractivity (Wildman–Crippen MR) is 39.8 cm³/mol. The highest BCUT2D eigenvalue weighted by Crippen LogP contribution is 2.18. The molecule has 1 aromatic rings. The average molecular weight is 170 g/mol. The lowest BCUT2D eigenvalue weighted by Crippen LogP contribution is -1.97. The average Bonchev–Trinajstić information content (AvgIpc) is 2.81. The Morgan fingerprint density at radius 2 is 2.17 bits per heavy atom. The van der Waals surface area contributed by atoms with Crippen LogP contribution in [0.15, 0.2) is 18.2 Å². The molecule has 12 heavy (non-hydrogen) atoms. The van der Waals surface area contributed by atoms with E-state index in [0.717, 1.165) is 12.1 Å². The standard InChI is InChI=1S/C9H8F2O/c10-7-1-2-9(11)6(3-7)4-8-5-12-8/h1-3,8H,4-5H2. The van der Waals surface area contributed by atoms with Crippen LogP contribution in [0.2, 0.25) is 0 Å². The lowest BCUT2D eigenvalue weighted by molar-refractivity contribution is 0.404. The van der Waals surface area contributed by atoms with E-state index in [0.29, 0.717) is 18.6 Å². The van der Waals surface area contributed by atoms with E-state index >= 15 is 0 Å². The molecule has 1 fully saturated rings. The number of ether oxygens (including phenoxy) is 1. The van der Waals surface area contributed by atoms with Gasteiger partial charge in [0.2, 0.25) is 0 Å². The summed E-state index contributed by atoms with van der Waals surface area (Å²) in [7, 11) is 0. The van der Waals surface area contributed by atoms with E-state index in [1.165, 1.54) is 6.07 Å². The predicted octanol–water partition coefficient (Wildman–Crippen LogP) is 1.91. The van der Waals surface area contributed by atoms with Gasteiger partial charge in [-0.2, -0.15) is 0 Å². The van der Waals surface area contributed by atoms with E-state index in [1.54, 1.807) is 0 Å². The summed E-state index contributed by atoms with van der Waals surface area (Å²) in [6, 6.07) is 3.48. The van der Waals surface area contributed by atoms with Crippen LogP contribution in [0, 0.1) is 11.6 Å². The number of halogens is 2. The Morgan fingerprint density at radius 1 is 1.42 bits per heavy atom. The van der Waals surface area contributed by atoms with Crippen LogP contribution in [-0.2, 0) is 11.2 Å². The van der Waals surface area contributed by atoms with Gasteiger partial charge in [0.25, 0.3) is 0 Å². The number of hydrogen-bond donors (Lipinski definition) is 0. The van der Waals surface area contributed by atoms with E-state index in [-0.39, 0.29) is 11.9 Å². The molecule has 64 valence electrons. The van der Waals surface area contributed by atoms with Gasteiger partial charge in [-0.3, -0.25) is 0 Å². The molecule has 3 heteroatoms. The van der Waals surface area contributed by atoms with E-state index in [1.807, 2.05) is 0 Å². The molecule has 0 aliphatic carbocycles. The lowest BCUT2D eigenvalue weighted by Gasteiger charge is -1.99. The van der Waals surface area contributed by atoms with Gasteiger partial charge >= 0.3 is 0 Å². The molecule has 1 aliphatic rings. The molecule has 0 bridgehead atoms. The maximum absolute atomic E-state index is 12.9. The molecule has 0 radical (unpaired) electrons. The first-order chi connectivity index (χ1) is 5.75. The Bertz CT molecular complexity index is 295. The molecule has 1 heterocycles. The highest BCUT2D eigenvalue weighted by atomic mass is 19.1. The molecule has 1 aromatic carbocycles. The Balaban J connectivity index is 2.21. The maximum Gasteiger partial charge on any atom is 0.126 e. The van der Waals surface area contributed by atoms with Crippen LogP contribution in [0.5, 0.6) is 0 Å². The molecule has 1 aliphatic heterocycles. The van der Waals surface area contributed by atoms with Gasteiger partial charge in [0.15, 0.2) is 0 Å². The van der Waals surface area contributed by atoms with Crippen LogP contribution < -0.4 is 0 Å². The maximum atomic E-state index is 12.9. The second-order valence-corrected chi connectivity index (χ2v) is 2.90. The monoisotopic (exact) mass is 170 g/mol. The summed E-state index contributed by atoms with van der Waals surface area (Å²) in [6.07, 6.45) is 0.574. The van der Waals surface area contributed by atoms with Gasteiger partial charge in [-0.25, -0.2) is 8.78 Å². The minimum absolute atomic E-state index is 0.0984. The summed E-state index contributed by atoms with van der Waals surface area (Å²) in [5, 5.41) is 0. The molecular formula is C9H8F2O. The SMILES string of the molecule is Fc1ccc(F)c(CC2CO2)c1. The van der Waals surface area contributed by atoms with Gasteiger partial charge in [0, 0.05) is 6.42 Å². The highest BCUT2D eigenvalue weighted by molar-refractivity contribution is 5.20. The fraction of sp³-hybridized carbons (Fsp3) is 0.333. The van der Waals surface area contributed by atoms with Crippen molar-refractivity contribution in [3.8, 4) is 0 Å². The normalized spacial score (nSPS) is 21.0. The lowest BCUT2D eigenvalue weighted by atomic mass is 10.1. The largest absolute Gasteiger partial charge is 0.373 e. The third kappa shape index (κ3) is 1.61. The van der Waals surface area contributed by atoms with Crippen molar-refractivity contribution in [2.75, 3.05) is 6.61 Å². The van der Waals surface area contributed by atoms with E-state index in [4.69, 9.17) is 4.74 Å². The first-order valence-corrected chi connectivity index (χ1v) is 3.81. The summed E-state index contributed by atoms with van der Waals surface area (Å²) in [5.74, 6) is -0.751. The van der Waals surface area contributed by atoms with Crippen LogP contribution in [0.4, 0.5) is 8.78 Å². The van der Waals surface area contributed by atoms with Crippen LogP contribution in [0.25, 0.3) is 0 Å². The molecule has 0 aromatic heterocycles. The quantitative estimate of drug-likeness (QED) is 0.617. The zero-order chi connectivity index (χ0) is 8.55. The van der Waals surface area contributed by atoms with Crippen molar-refractivity contribution in [1.29, 1.82) is 0 Å². The fourth-order valence-electron chi connectivity index (χ4n) is 1.13. The molecular weight excluding hydrogens is 162 g/mol. The van der Waals surface area contributed by atoms with Crippen molar-refractivity contribution >= 4 is 0 Å². The van der Waals surface area contributed by atoms with Gasteiger partial charge in [-0.05, 0) is 23.8 Å². The Hall–Kier alpha value is -0.960. The first kappa shape index (κ1) is 7.68. The molecule has 0 spiro atoms. The first-order valence-electron chi connectivity index (χ1n) is 3.81. The van der Waals surface area contributed by atoms with Crippen molar-refractivity contribution < 1.29 is 13.5 Å². The molecule has 0 N–H and O–H groups in total. The summed E-state index contributed by atoms with van der Waals surface area (Å²) in [6.45, 7) is 0.663. The van der Waals surface area contributed by atoms with E-state index in [9.17, 15) is 8.78 Å². The summed E-state index contributed by atoms with van der Waals surface area (Å²) >= 11 is 0. The van der Waals surface area contributed by atoms with Crippen LogP contribution in [0.3, 0.4) is 0 Å². The molecule has 1 unspecified atom stereocenters. The molecule has 1 nitrogen and oxygen atoms in total. The molecule has 1 atom stereocenters. The third-order valence-electron chi connectivity index (χ3n) is 1.86. The third-order valence-corrected chi connectivity index (χ3v) is 1.86. The number of rotatable bonds is 2. The Kier molecular flexibility index (Phi) is 1.81.